The van der Waals surface area contributed by atoms with Crippen LogP contribution in [-0.4, -0.2) is 149 Å². The van der Waals surface area contributed by atoms with Gasteiger partial charge in [-0.1, -0.05) is 0 Å². The van der Waals surface area contributed by atoms with Crippen LogP contribution in [0, 0.1) is 0 Å². The molecule has 6 rings (SSSR count). The molecule has 0 spiro atoms. The molecule has 0 saturated carbocycles. The van der Waals surface area contributed by atoms with Gasteiger partial charge in [-0.15, -0.1) is 0 Å². The maximum absolute atomic E-state index is 11.8. The number of methoxy groups -OCH3 is 3. The molecule has 21 heteroatoms. The fourth-order valence-corrected chi connectivity index (χ4v) is 6.17. The lowest BCUT2D eigenvalue weighted by atomic mass is 9.99. The smallest absolute Gasteiger partial charge is 0.507 e. The Morgan fingerprint density at radius 1 is 0.667 bits per heavy atom. The number of ether oxygens (including phenoxy) is 11. The van der Waals surface area contributed by atoms with Crippen molar-refractivity contribution in [1.29, 1.82) is 0 Å². The van der Waals surface area contributed by atoms with Gasteiger partial charge in [-0.25, -0.2) is 9.59 Å². The molecule has 57 heavy (non-hydrogen) atoms. The van der Waals surface area contributed by atoms with E-state index in [0.29, 0.717) is 5.56 Å². The van der Waals surface area contributed by atoms with E-state index in [-0.39, 0.29) is 64.8 Å². The summed E-state index contributed by atoms with van der Waals surface area (Å²) in [7, 11) is 3.83. The molecule has 3 aromatic carbocycles. The third-order valence-corrected chi connectivity index (χ3v) is 9.16. The lowest BCUT2D eigenvalue weighted by Crippen LogP contribution is -2.60. The van der Waals surface area contributed by atoms with Crippen LogP contribution in [0.1, 0.15) is 15.9 Å². The quantitative estimate of drug-likeness (QED) is 0.0764. The summed E-state index contributed by atoms with van der Waals surface area (Å²) in [5, 5.41) is 83.1. The van der Waals surface area contributed by atoms with E-state index < -0.39 is 85.9 Å². The van der Waals surface area contributed by atoms with Crippen LogP contribution in [-0.2, 0) is 20.8 Å². The molecule has 2 fully saturated rings. The molecular formula is C36H40O21. The van der Waals surface area contributed by atoms with E-state index in [9.17, 15) is 45.3 Å². The second-order valence-corrected chi connectivity index (χ2v) is 12.8. The summed E-state index contributed by atoms with van der Waals surface area (Å²) in [5.74, 6) is -1.15. The maximum atomic E-state index is 11.8. The molecule has 3 aliphatic rings. The zero-order valence-electron chi connectivity index (χ0n) is 30.3. The van der Waals surface area contributed by atoms with Crippen LogP contribution in [0.3, 0.4) is 0 Å². The van der Waals surface area contributed by atoms with Gasteiger partial charge < -0.3 is 93.0 Å². The predicted molar refractivity (Wildman–Crippen MR) is 184 cm³/mol. The molecule has 2 saturated heterocycles. The third kappa shape index (κ3) is 8.74. The molecule has 310 valence electrons. The highest BCUT2D eigenvalue weighted by Gasteiger charge is 2.47. The van der Waals surface area contributed by atoms with Gasteiger partial charge in [-0.05, 0) is 18.2 Å². The summed E-state index contributed by atoms with van der Waals surface area (Å²) in [6.07, 6.45) is -17.4. The molecule has 10 unspecified atom stereocenters. The van der Waals surface area contributed by atoms with Gasteiger partial charge in [0, 0.05) is 29.8 Å². The Morgan fingerprint density at radius 3 is 1.77 bits per heavy atom. The van der Waals surface area contributed by atoms with E-state index in [4.69, 9.17) is 57.2 Å². The van der Waals surface area contributed by atoms with E-state index in [0.717, 1.165) is 6.07 Å². The monoisotopic (exact) mass is 808 g/mol. The Bertz CT molecular complexity index is 1900. The molecule has 0 radical (unpaired) electrons. The average molecular weight is 809 g/mol. The number of phenols is 1. The van der Waals surface area contributed by atoms with E-state index in [2.05, 4.69) is 0 Å². The van der Waals surface area contributed by atoms with Crippen LogP contribution in [0.2, 0.25) is 0 Å². The highest BCUT2D eigenvalue weighted by molar-refractivity contribution is 5.96. The van der Waals surface area contributed by atoms with Gasteiger partial charge in [0.15, 0.2) is 23.0 Å². The largest absolute Gasteiger partial charge is 0.511 e. The molecular weight excluding hydrogens is 768 g/mol. The lowest BCUT2D eigenvalue weighted by molar-refractivity contribution is -0.276. The number of fused-ring (bicyclic) bond motifs is 1. The normalized spacial score (nSPS) is 28.1. The van der Waals surface area contributed by atoms with Crippen LogP contribution >= 0.6 is 0 Å². The molecule has 3 aromatic rings. The van der Waals surface area contributed by atoms with E-state index in [1.807, 2.05) is 0 Å². The van der Waals surface area contributed by atoms with Gasteiger partial charge >= 0.3 is 12.1 Å². The summed E-state index contributed by atoms with van der Waals surface area (Å²) < 4.78 is 60.0. The summed E-state index contributed by atoms with van der Waals surface area (Å²) >= 11 is 0. The summed E-state index contributed by atoms with van der Waals surface area (Å²) in [6, 6.07) is 9.29. The topological polar surface area (TPSA) is 298 Å². The van der Waals surface area contributed by atoms with Crippen molar-refractivity contribution in [3.05, 3.63) is 53.6 Å². The molecule has 0 bridgehead atoms. The number of rotatable bonds is 14. The number of carbonyl (C=O) groups is 2. The number of hydrogen-bond acceptors (Lipinski definition) is 20. The Labute approximate surface area is 322 Å². The highest BCUT2D eigenvalue weighted by Crippen LogP contribution is 2.42. The SMILES string of the molecule is COc1cc(OCC2OC(Oc3cc(O)c4c(c3)COC4=O)C(O)C(O)C2O)ccc1OC1OC(COc2cc(OC)c(OC(=O)O)c(OC)c2)C(O)C(O)C1O. The predicted octanol–water partition coefficient (Wildman–Crippen LogP) is -0.324. The molecule has 0 amide bonds. The average Bonchev–Trinajstić information content (AvgIpc) is 3.57. The highest BCUT2D eigenvalue weighted by atomic mass is 16.7. The number of hydrogen-bond donors (Lipinski definition) is 8. The van der Waals surface area contributed by atoms with Gasteiger partial charge in [0.05, 0.1) is 21.3 Å². The van der Waals surface area contributed by atoms with Crippen molar-refractivity contribution < 1.29 is 103 Å². The first kappa shape index (κ1) is 41.1. The molecule has 10 atom stereocenters. The maximum Gasteiger partial charge on any atom is 0.511 e. The number of aliphatic hydroxyl groups is 6. The van der Waals surface area contributed by atoms with Gasteiger partial charge in [0.25, 0.3) is 0 Å². The number of carbonyl (C=O) groups excluding carboxylic acids is 1. The first-order valence-electron chi connectivity index (χ1n) is 17.1. The van der Waals surface area contributed by atoms with Gasteiger partial charge in [-0.3, -0.25) is 0 Å². The van der Waals surface area contributed by atoms with Crippen LogP contribution in [0.5, 0.6) is 51.7 Å². The number of phenolic OH excluding ortho intramolecular Hbond substituents is 1. The van der Waals surface area contributed by atoms with Crippen LogP contribution in [0.15, 0.2) is 42.5 Å². The van der Waals surface area contributed by atoms with E-state index >= 15 is 0 Å². The van der Waals surface area contributed by atoms with E-state index in [1.165, 1.54) is 57.7 Å². The zero-order chi connectivity index (χ0) is 41.1. The summed E-state index contributed by atoms with van der Waals surface area (Å²) in [4.78, 5) is 23.0. The van der Waals surface area contributed by atoms with Crippen LogP contribution in [0.25, 0.3) is 0 Å². The lowest BCUT2D eigenvalue weighted by Gasteiger charge is -2.40. The van der Waals surface area contributed by atoms with Crippen molar-refractivity contribution in [3.8, 4) is 51.7 Å². The fourth-order valence-electron chi connectivity index (χ4n) is 6.17. The van der Waals surface area contributed by atoms with Gasteiger partial charge in [-0.2, -0.15) is 0 Å². The molecule has 21 nitrogen and oxygen atoms in total. The number of carboxylic acid groups (broad SMARTS) is 1. The molecule has 0 aromatic heterocycles. The van der Waals surface area contributed by atoms with Gasteiger partial charge in [0.2, 0.25) is 18.3 Å². The summed E-state index contributed by atoms with van der Waals surface area (Å²) in [5.41, 5.74) is 0.320. The number of benzene rings is 3. The van der Waals surface area contributed by atoms with Crippen molar-refractivity contribution in [2.75, 3.05) is 34.5 Å². The number of aromatic hydroxyl groups is 1. The minimum atomic E-state index is -1.75. The van der Waals surface area contributed by atoms with Crippen molar-refractivity contribution in [2.24, 2.45) is 0 Å². The number of aliphatic hydroxyl groups excluding tert-OH is 6. The van der Waals surface area contributed by atoms with Crippen molar-refractivity contribution >= 4 is 12.1 Å². The Hall–Kier alpha value is -5.52. The second kappa shape index (κ2) is 17.3. The molecule has 8 N–H and O–H groups in total. The minimum Gasteiger partial charge on any atom is -0.507 e. The standard InChI is InChI=1S/C36H40O21/c1-47-20-8-15(50-12-23-26(38)28(40)30(42)34(55-23)53-17-6-14-11-52-33(44)25(14)18(37)7-17)4-5-19(20)54-35-31(43)29(41)27(39)24(56-35)13-51-16-9-21(48-2)32(57-36(45)46)22(10-16)49-3/h4-10,23-24,26-31,34-35,37-43H,11-13H2,1-3H3,(H,45,46). The third-order valence-electron chi connectivity index (χ3n) is 9.16. The molecule has 0 aliphatic carbocycles. The summed E-state index contributed by atoms with van der Waals surface area (Å²) in [6.45, 7) is -0.889. The minimum absolute atomic E-state index is 0.00584. The Kier molecular flexibility index (Phi) is 12.5. The Balaban J connectivity index is 1.09. The second-order valence-electron chi connectivity index (χ2n) is 12.8. The first-order valence-corrected chi connectivity index (χ1v) is 17.1. The van der Waals surface area contributed by atoms with Crippen LogP contribution in [0.4, 0.5) is 4.79 Å². The van der Waals surface area contributed by atoms with Crippen molar-refractivity contribution in [1.82, 2.24) is 0 Å². The first-order chi connectivity index (χ1) is 27.2. The number of esters is 1. The van der Waals surface area contributed by atoms with Crippen molar-refractivity contribution in [2.45, 2.75) is 68.0 Å². The van der Waals surface area contributed by atoms with Gasteiger partial charge in [0.1, 0.15) is 97.2 Å². The fraction of sp³-hybridized carbons (Fsp3) is 0.444. The molecule has 3 heterocycles. The van der Waals surface area contributed by atoms with Crippen molar-refractivity contribution in [3.63, 3.8) is 0 Å². The Morgan fingerprint density at radius 2 is 1.21 bits per heavy atom. The number of cyclic esters (lactones) is 1. The van der Waals surface area contributed by atoms with Crippen LogP contribution < -0.4 is 37.9 Å². The zero-order valence-corrected chi connectivity index (χ0v) is 30.3. The van der Waals surface area contributed by atoms with E-state index in [1.54, 1.807) is 0 Å². The molecule has 3 aliphatic heterocycles.